The average molecular weight is 185 g/mol. The molecule has 0 fully saturated rings. The average Bonchev–Trinajstić information content (AvgIpc) is 2.26. The van der Waals surface area contributed by atoms with Crippen LogP contribution in [0.5, 0.6) is 0 Å². The topological polar surface area (TPSA) is 37.3 Å². The predicted molar refractivity (Wildman–Crippen MR) is 58.1 cm³/mol. The SMILES string of the molecule is C=NNCc1ccc2ncccc2c1. The predicted octanol–water partition coefficient (Wildman–Crippen LogP) is 1.94. The summed E-state index contributed by atoms with van der Waals surface area (Å²) in [6.07, 6.45) is 1.80. The summed E-state index contributed by atoms with van der Waals surface area (Å²) in [6, 6.07) is 10.1. The van der Waals surface area contributed by atoms with Crippen LogP contribution >= 0.6 is 0 Å². The molecule has 2 rings (SSSR count). The molecule has 3 heteroatoms. The lowest BCUT2D eigenvalue weighted by molar-refractivity contribution is 0.751. The van der Waals surface area contributed by atoms with Crippen LogP contribution in [0.25, 0.3) is 10.9 Å². The van der Waals surface area contributed by atoms with Crippen molar-refractivity contribution in [3.05, 3.63) is 42.1 Å². The monoisotopic (exact) mass is 185 g/mol. The minimum absolute atomic E-state index is 0.703. The first-order valence-electron chi connectivity index (χ1n) is 4.42. The summed E-state index contributed by atoms with van der Waals surface area (Å²) in [5, 5.41) is 4.74. The van der Waals surface area contributed by atoms with E-state index in [0.29, 0.717) is 6.54 Å². The van der Waals surface area contributed by atoms with Crippen LogP contribution in [0.4, 0.5) is 0 Å². The molecule has 1 aromatic heterocycles. The van der Waals surface area contributed by atoms with Crippen molar-refractivity contribution in [2.24, 2.45) is 5.10 Å². The van der Waals surface area contributed by atoms with Gasteiger partial charge in [-0.15, -0.1) is 0 Å². The van der Waals surface area contributed by atoms with Crippen LogP contribution in [-0.2, 0) is 6.54 Å². The van der Waals surface area contributed by atoms with Gasteiger partial charge in [-0.05, 0) is 23.8 Å². The van der Waals surface area contributed by atoms with E-state index in [-0.39, 0.29) is 0 Å². The van der Waals surface area contributed by atoms with E-state index in [4.69, 9.17) is 0 Å². The Morgan fingerprint density at radius 2 is 2.29 bits per heavy atom. The van der Waals surface area contributed by atoms with Crippen molar-refractivity contribution < 1.29 is 0 Å². The Hall–Kier alpha value is -1.90. The third kappa shape index (κ3) is 1.71. The second kappa shape index (κ2) is 3.87. The summed E-state index contributed by atoms with van der Waals surface area (Å²) < 4.78 is 0. The molecule has 3 nitrogen and oxygen atoms in total. The van der Waals surface area contributed by atoms with Crippen molar-refractivity contribution in [2.45, 2.75) is 6.54 Å². The zero-order chi connectivity index (χ0) is 9.80. The fourth-order valence-corrected chi connectivity index (χ4v) is 1.38. The molecule has 0 saturated carbocycles. The van der Waals surface area contributed by atoms with E-state index in [9.17, 15) is 0 Å². The highest BCUT2D eigenvalue weighted by Gasteiger charge is 1.95. The Morgan fingerprint density at radius 1 is 1.36 bits per heavy atom. The van der Waals surface area contributed by atoms with Crippen LogP contribution in [0.2, 0.25) is 0 Å². The smallest absolute Gasteiger partial charge is 0.0702 e. The molecule has 0 saturated heterocycles. The molecule has 0 spiro atoms. The van der Waals surface area contributed by atoms with E-state index < -0.39 is 0 Å². The van der Waals surface area contributed by atoms with Crippen LogP contribution in [0.3, 0.4) is 0 Å². The minimum Gasteiger partial charge on any atom is -0.306 e. The van der Waals surface area contributed by atoms with Crippen LogP contribution < -0.4 is 5.43 Å². The second-order valence-electron chi connectivity index (χ2n) is 3.02. The first kappa shape index (κ1) is 8.69. The molecule has 1 aromatic carbocycles. The number of hydrogen-bond acceptors (Lipinski definition) is 3. The molecule has 14 heavy (non-hydrogen) atoms. The molecule has 0 amide bonds. The lowest BCUT2D eigenvalue weighted by Gasteiger charge is -2.02. The van der Waals surface area contributed by atoms with Crippen molar-refractivity contribution >= 4 is 17.6 Å². The van der Waals surface area contributed by atoms with E-state index in [1.165, 1.54) is 5.56 Å². The van der Waals surface area contributed by atoms with Gasteiger partial charge in [-0.2, -0.15) is 5.10 Å². The minimum atomic E-state index is 0.703. The van der Waals surface area contributed by atoms with Gasteiger partial charge >= 0.3 is 0 Å². The molecule has 0 aliphatic carbocycles. The fourth-order valence-electron chi connectivity index (χ4n) is 1.38. The third-order valence-corrected chi connectivity index (χ3v) is 2.06. The molecule has 2 aromatic rings. The number of nitrogens with zero attached hydrogens (tertiary/aromatic N) is 2. The molecule has 1 N–H and O–H groups in total. The molecular formula is C11H11N3. The summed E-state index contributed by atoms with van der Waals surface area (Å²) in [7, 11) is 0. The van der Waals surface area contributed by atoms with Gasteiger partial charge in [0.05, 0.1) is 12.1 Å². The molecule has 0 aliphatic heterocycles. The Morgan fingerprint density at radius 3 is 3.14 bits per heavy atom. The van der Waals surface area contributed by atoms with Crippen LogP contribution in [0.15, 0.2) is 41.6 Å². The van der Waals surface area contributed by atoms with Crippen molar-refractivity contribution in [2.75, 3.05) is 0 Å². The van der Waals surface area contributed by atoms with Crippen LogP contribution in [-0.4, -0.2) is 11.7 Å². The normalized spacial score (nSPS) is 10.0. The second-order valence-corrected chi connectivity index (χ2v) is 3.02. The van der Waals surface area contributed by atoms with Gasteiger partial charge in [0.1, 0.15) is 0 Å². The third-order valence-electron chi connectivity index (χ3n) is 2.06. The number of benzene rings is 1. The van der Waals surface area contributed by atoms with E-state index >= 15 is 0 Å². The first-order chi connectivity index (χ1) is 6.90. The Bertz CT molecular complexity index is 451. The largest absolute Gasteiger partial charge is 0.306 e. The first-order valence-corrected chi connectivity index (χ1v) is 4.42. The lowest BCUT2D eigenvalue weighted by Crippen LogP contribution is -2.03. The maximum atomic E-state index is 4.25. The van der Waals surface area contributed by atoms with Gasteiger partial charge < -0.3 is 5.43 Å². The molecular weight excluding hydrogens is 174 g/mol. The van der Waals surface area contributed by atoms with Gasteiger partial charge in [0.15, 0.2) is 0 Å². The quantitative estimate of drug-likeness (QED) is 0.586. The number of aromatic nitrogens is 1. The Kier molecular flexibility index (Phi) is 2.40. The molecule has 1 heterocycles. The summed E-state index contributed by atoms with van der Waals surface area (Å²) in [5.41, 5.74) is 5.02. The molecule has 0 unspecified atom stereocenters. The zero-order valence-corrected chi connectivity index (χ0v) is 7.77. The van der Waals surface area contributed by atoms with E-state index in [1.54, 1.807) is 6.20 Å². The Balaban J connectivity index is 2.36. The number of hydrazone groups is 1. The summed E-state index contributed by atoms with van der Waals surface area (Å²) in [5.74, 6) is 0. The lowest BCUT2D eigenvalue weighted by atomic mass is 10.1. The van der Waals surface area contributed by atoms with E-state index in [0.717, 1.165) is 10.9 Å². The molecule has 70 valence electrons. The highest BCUT2D eigenvalue weighted by atomic mass is 15.3. The molecule has 0 bridgehead atoms. The van der Waals surface area contributed by atoms with Crippen molar-refractivity contribution in [3.8, 4) is 0 Å². The van der Waals surface area contributed by atoms with Gasteiger partial charge in [0, 0.05) is 18.3 Å². The Labute approximate surface area is 82.5 Å². The molecule has 0 radical (unpaired) electrons. The van der Waals surface area contributed by atoms with E-state index in [2.05, 4.69) is 28.3 Å². The standard InChI is InChI=1S/C11H11N3/c1-12-14-8-9-4-5-11-10(7-9)3-2-6-13-11/h2-7,14H,1,8H2. The highest BCUT2D eigenvalue weighted by Crippen LogP contribution is 2.12. The highest BCUT2D eigenvalue weighted by molar-refractivity contribution is 5.78. The number of hydrogen-bond donors (Lipinski definition) is 1. The number of nitrogens with one attached hydrogen (secondary N) is 1. The van der Waals surface area contributed by atoms with Crippen LogP contribution in [0, 0.1) is 0 Å². The molecule has 0 atom stereocenters. The van der Waals surface area contributed by atoms with Crippen LogP contribution in [0.1, 0.15) is 5.56 Å². The van der Waals surface area contributed by atoms with Gasteiger partial charge in [0.25, 0.3) is 0 Å². The summed E-state index contributed by atoms with van der Waals surface area (Å²) in [6.45, 7) is 4.07. The zero-order valence-electron chi connectivity index (χ0n) is 7.77. The maximum Gasteiger partial charge on any atom is 0.0702 e. The number of rotatable bonds is 3. The van der Waals surface area contributed by atoms with Crippen molar-refractivity contribution in [1.29, 1.82) is 0 Å². The summed E-state index contributed by atoms with van der Waals surface area (Å²) >= 11 is 0. The fraction of sp³-hybridized carbons (Fsp3) is 0.0909. The van der Waals surface area contributed by atoms with Gasteiger partial charge in [-0.25, -0.2) is 0 Å². The van der Waals surface area contributed by atoms with Crippen molar-refractivity contribution in [3.63, 3.8) is 0 Å². The maximum absolute atomic E-state index is 4.25. The van der Waals surface area contributed by atoms with Gasteiger partial charge in [-0.3, -0.25) is 4.98 Å². The van der Waals surface area contributed by atoms with Gasteiger partial charge in [-0.1, -0.05) is 12.1 Å². The number of pyridine rings is 1. The molecule has 0 aliphatic rings. The van der Waals surface area contributed by atoms with Crippen molar-refractivity contribution in [1.82, 2.24) is 10.4 Å². The van der Waals surface area contributed by atoms with Gasteiger partial charge in [0.2, 0.25) is 0 Å². The van der Waals surface area contributed by atoms with E-state index in [1.807, 2.05) is 24.3 Å². The number of fused-ring (bicyclic) bond motifs is 1. The summed E-state index contributed by atoms with van der Waals surface area (Å²) in [4.78, 5) is 4.25.